The standard InChI is InChI=1S/C13H13N3O3/c1-8-10(9-6-4-3-5-7-9)11(18-2)16-13(15-8)19-12(14)17/h3-7H,1-2H3,(H2,14,17). The number of nitrogens with two attached hydrogens (primary N) is 1. The number of hydrogen-bond acceptors (Lipinski definition) is 5. The second kappa shape index (κ2) is 5.34. The van der Waals surface area contributed by atoms with Crippen LogP contribution in [0.25, 0.3) is 11.1 Å². The average molecular weight is 259 g/mol. The fraction of sp³-hybridized carbons (Fsp3) is 0.154. The van der Waals surface area contributed by atoms with Crippen LogP contribution in [0.15, 0.2) is 30.3 Å². The number of aryl methyl sites for hydroxylation is 1. The second-order valence-electron chi connectivity index (χ2n) is 3.76. The van der Waals surface area contributed by atoms with Gasteiger partial charge in [-0.2, -0.15) is 9.97 Å². The minimum absolute atomic E-state index is 0.124. The first-order valence-electron chi connectivity index (χ1n) is 5.57. The molecule has 0 radical (unpaired) electrons. The Kier molecular flexibility index (Phi) is 3.61. The number of carbonyl (C=O) groups is 1. The Hall–Kier alpha value is -2.63. The molecule has 19 heavy (non-hydrogen) atoms. The van der Waals surface area contributed by atoms with Gasteiger partial charge in [-0.3, -0.25) is 0 Å². The third kappa shape index (κ3) is 2.79. The number of benzene rings is 1. The molecule has 2 rings (SSSR count). The van der Waals surface area contributed by atoms with Gasteiger partial charge in [-0.25, -0.2) is 4.79 Å². The summed E-state index contributed by atoms with van der Waals surface area (Å²) in [5.41, 5.74) is 7.24. The van der Waals surface area contributed by atoms with Gasteiger partial charge in [0.25, 0.3) is 0 Å². The van der Waals surface area contributed by atoms with E-state index in [4.69, 9.17) is 10.5 Å². The van der Waals surface area contributed by atoms with Gasteiger partial charge in [0, 0.05) is 0 Å². The molecule has 98 valence electrons. The molecule has 1 aromatic carbocycles. The lowest BCUT2D eigenvalue weighted by Gasteiger charge is -2.11. The molecule has 1 aromatic heterocycles. The third-order valence-electron chi connectivity index (χ3n) is 2.48. The molecule has 1 amide bonds. The molecule has 2 N–H and O–H groups in total. The number of ether oxygens (including phenoxy) is 2. The van der Waals surface area contributed by atoms with Crippen LogP contribution in [0.2, 0.25) is 0 Å². The molecule has 0 saturated carbocycles. The Morgan fingerprint density at radius 2 is 1.89 bits per heavy atom. The zero-order valence-corrected chi connectivity index (χ0v) is 10.6. The van der Waals surface area contributed by atoms with E-state index in [0.29, 0.717) is 11.6 Å². The van der Waals surface area contributed by atoms with Gasteiger partial charge in [0.15, 0.2) is 0 Å². The molecule has 0 spiro atoms. The molecule has 0 aliphatic carbocycles. The van der Waals surface area contributed by atoms with Crippen LogP contribution >= 0.6 is 0 Å². The number of nitrogens with zero attached hydrogens (tertiary/aromatic N) is 2. The monoisotopic (exact) mass is 259 g/mol. The van der Waals surface area contributed by atoms with Gasteiger partial charge in [-0.15, -0.1) is 0 Å². The van der Waals surface area contributed by atoms with E-state index >= 15 is 0 Å². The predicted octanol–water partition coefficient (Wildman–Crippen LogP) is 1.92. The van der Waals surface area contributed by atoms with Gasteiger partial charge in [-0.05, 0) is 12.5 Å². The van der Waals surface area contributed by atoms with E-state index in [1.807, 2.05) is 30.3 Å². The van der Waals surface area contributed by atoms with Gasteiger partial charge in [-0.1, -0.05) is 30.3 Å². The molecule has 0 aliphatic heterocycles. The molecular formula is C13H13N3O3. The van der Waals surface area contributed by atoms with E-state index in [1.165, 1.54) is 7.11 Å². The van der Waals surface area contributed by atoms with Crippen molar-refractivity contribution in [2.75, 3.05) is 7.11 Å². The van der Waals surface area contributed by atoms with Crippen LogP contribution in [-0.4, -0.2) is 23.2 Å². The lowest BCUT2D eigenvalue weighted by atomic mass is 10.1. The van der Waals surface area contributed by atoms with Crippen molar-refractivity contribution in [2.45, 2.75) is 6.92 Å². The van der Waals surface area contributed by atoms with Crippen molar-refractivity contribution in [3.8, 4) is 23.0 Å². The summed E-state index contributed by atoms with van der Waals surface area (Å²) >= 11 is 0. The van der Waals surface area contributed by atoms with Crippen LogP contribution in [0.1, 0.15) is 5.69 Å². The highest BCUT2D eigenvalue weighted by atomic mass is 16.6. The Balaban J connectivity index is 2.53. The number of primary amides is 1. The lowest BCUT2D eigenvalue weighted by Crippen LogP contribution is -2.18. The van der Waals surface area contributed by atoms with Crippen molar-refractivity contribution in [3.63, 3.8) is 0 Å². The van der Waals surface area contributed by atoms with Crippen LogP contribution in [0.4, 0.5) is 4.79 Å². The molecule has 0 fully saturated rings. The molecule has 0 aliphatic rings. The molecule has 6 nitrogen and oxygen atoms in total. The largest absolute Gasteiger partial charge is 0.480 e. The highest BCUT2D eigenvalue weighted by Crippen LogP contribution is 2.31. The van der Waals surface area contributed by atoms with Crippen molar-refractivity contribution >= 4 is 6.09 Å². The SMILES string of the molecule is COc1nc(OC(N)=O)nc(C)c1-c1ccccc1. The normalized spacial score (nSPS) is 10.0. The molecule has 0 unspecified atom stereocenters. The average Bonchev–Trinajstić information content (AvgIpc) is 2.38. The molecule has 0 atom stereocenters. The van der Waals surface area contributed by atoms with E-state index in [-0.39, 0.29) is 6.01 Å². The minimum Gasteiger partial charge on any atom is -0.480 e. The summed E-state index contributed by atoms with van der Waals surface area (Å²) in [5, 5.41) is 0. The van der Waals surface area contributed by atoms with Crippen molar-refractivity contribution in [2.24, 2.45) is 5.73 Å². The van der Waals surface area contributed by atoms with Crippen molar-refractivity contribution in [3.05, 3.63) is 36.0 Å². The summed E-state index contributed by atoms with van der Waals surface area (Å²) in [4.78, 5) is 18.8. The number of aromatic nitrogens is 2. The van der Waals surface area contributed by atoms with Crippen molar-refractivity contribution in [1.82, 2.24) is 9.97 Å². The number of carbonyl (C=O) groups excluding carboxylic acids is 1. The first-order valence-corrected chi connectivity index (χ1v) is 5.57. The predicted molar refractivity (Wildman–Crippen MR) is 69.0 cm³/mol. The topological polar surface area (TPSA) is 87.3 Å². The molecule has 2 aromatic rings. The number of methoxy groups -OCH3 is 1. The summed E-state index contributed by atoms with van der Waals surface area (Å²) in [7, 11) is 1.49. The van der Waals surface area contributed by atoms with Crippen LogP contribution in [0.3, 0.4) is 0 Å². The number of rotatable bonds is 3. The molecular weight excluding hydrogens is 246 g/mol. The third-order valence-corrected chi connectivity index (χ3v) is 2.48. The van der Waals surface area contributed by atoms with Gasteiger partial charge in [0.1, 0.15) is 0 Å². The fourth-order valence-electron chi connectivity index (χ4n) is 1.74. The van der Waals surface area contributed by atoms with E-state index in [2.05, 4.69) is 14.7 Å². The van der Waals surface area contributed by atoms with Gasteiger partial charge < -0.3 is 15.2 Å². The second-order valence-corrected chi connectivity index (χ2v) is 3.76. The summed E-state index contributed by atoms with van der Waals surface area (Å²) in [6.07, 6.45) is -0.964. The van der Waals surface area contributed by atoms with Crippen molar-refractivity contribution < 1.29 is 14.3 Å². The maximum atomic E-state index is 10.7. The zero-order valence-electron chi connectivity index (χ0n) is 10.6. The lowest BCUT2D eigenvalue weighted by molar-refractivity contribution is 0.206. The van der Waals surface area contributed by atoms with E-state index < -0.39 is 6.09 Å². The Bertz CT molecular complexity index is 600. The highest BCUT2D eigenvalue weighted by Gasteiger charge is 2.15. The van der Waals surface area contributed by atoms with Crippen LogP contribution in [0.5, 0.6) is 11.9 Å². The number of amides is 1. The minimum atomic E-state index is -0.964. The van der Waals surface area contributed by atoms with Gasteiger partial charge >= 0.3 is 12.1 Å². The molecule has 0 saturated heterocycles. The smallest absolute Gasteiger partial charge is 0.412 e. The quantitative estimate of drug-likeness (QED) is 0.909. The molecule has 0 bridgehead atoms. The Labute approximate surface area is 110 Å². The summed E-state index contributed by atoms with van der Waals surface area (Å²) in [6.45, 7) is 1.78. The van der Waals surface area contributed by atoms with E-state index in [9.17, 15) is 4.79 Å². The zero-order chi connectivity index (χ0) is 13.8. The van der Waals surface area contributed by atoms with E-state index in [1.54, 1.807) is 6.92 Å². The Morgan fingerprint density at radius 1 is 1.21 bits per heavy atom. The van der Waals surface area contributed by atoms with Crippen LogP contribution in [-0.2, 0) is 0 Å². The highest BCUT2D eigenvalue weighted by molar-refractivity contribution is 5.72. The van der Waals surface area contributed by atoms with Gasteiger partial charge in [0.2, 0.25) is 5.88 Å². The first kappa shape index (κ1) is 12.8. The van der Waals surface area contributed by atoms with Gasteiger partial charge in [0.05, 0.1) is 18.4 Å². The maximum Gasteiger partial charge on any atom is 0.412 e. The summed E-state index contributed by atoms with van der Waals surface area (Å²) in [5.74, 6) is 0.329. The Morgan fingerprint density at radius 3 is 2.47 bits per heavy atom. The summed E-state index contributed by atoms with van der Waals surface area (Å²) in [6, 6.07) is 9.44. The van der Waals surface area contributed by atoms with Crippen LogP contribution < -0.4 is 15.2 Å². The fourth-order valence-corrected chi connectivity index (χ4v) is 1.74. The number of hydrogen-bond donors (Lipinski definition) is 1. The maximum absolute atomic E-state index is 10.7. The molecule has 6 heteroatoms. The van der Waals surface area contributed by atoms with Crippen molar-refractivity contribution in [1.29, 1.82) is 0 Å². The van der Waals surface area contributed by atoms with E-state index in [0.717, 1.165) is 11.1 Å². The first-order chi connectivity index (χ1) is 9.11. The summed E-state index contributed by atoms with van der Waals surface area (Å²) < 4.78 is 9.88. The van der Waals surface area contributed by atoms with Crippen LogP contribution in [0, 0.1) is 6.92 Å². The molecule has 1 heterocycles.